The summed E-state index contributed by atoms with van der Waals surface area (Å²) < 4.78 is 0. The number of nitrogens with one attached hydrogen (secondary N) is 1. The molecule has 2 amide bonds. The number of carbonyl (C=O) groups is 2. The number of benzene rings is 1. The lowest BCUT2D eigenvalue weighted by molar-refractivity contribution is -0.140. The first kappa shape index (κ1) is 16.3. The Morgan fingerprint density at radius 1 is 1.45 bits per heavy atom. The molecular weight excluding hydrogens is 284 g/mol. The van der Waals surface area contributed by atoms with Gasteiger partial charge < -0.3 is 20.4 Å². The summed E-state index contributed by atoms with van der Waals surface area (Å²) in [6.07, 6.45) is 0. The zero-order valence-corrected chi connectivity index (χ0v) is 12.0. The molecule has 1 aromatic carbocycles. The van der Waals surface area contributed by atoms with E-state index in [0.717, 1.165) is 5.56 Å². The van der Waals surface area contributed by atoms with E-state index in [1.165, 1.54) is 11.9 Å². The summed E-state index contributed by atoms with van der Waals surface area (Å²) in [5.74, 6) is -1.29. The number of urea groups is 1. The summed E-state index contributed by atoms with van der Waals surface area (Å²) in [5.41, 5.74) is 0.825. The highest BCUT2D eigenvalue weighted by Gasteiger charge is 2.23. The molecule has 1 unspecified atom stereocenters. The fraction of sp³-hybridized carbons (Fsp3) is 0.385. The lowest BCUT2D eigenvalue weighted by atomic mass is 10.1. The summed E-state index contributed by atoms with van der Waals surface area (Å²) in [4.78, 5) is 24.0. The van der Waals surface area contributed by atoms with Gasteiger partial charge in [-0.1, -0.05) is 23.7 Å². The number of aliphatic hydroxyl groups excluding tert-OH is 1. The van der Waals surface area contributed by atoms with Crippen LogP contribution in [0.4, 0.5) is 4.79 Å². The highest BCUT2D eigenvalue weighted by atomic mass is 35.5. The van der Waals surface area contributed by atoms with Gasteiger partial charge in [0.25, 0.3) is 0 Å². The molecule has 0 aromatic heterocycles. The van der Waals surface area contributed by atoms with Crippen molar-refractivity contribution in [2.45, 2.75) is 19.0 Å². The first-order valence-corrected chi connectivity index (χ1v) is 6.37. The molecule has 1 aromatic rings. The Morgan fingerprint density at radius 3 is 2.60 bits per heavy atom. The molecule has 0 saturated heterocycles. The lowest BCUT2D eigenvalue weighted by Gasteiger charge is -2.27. The molecule has 1 rings (SSSR count). The molecule has 6 nitrogen and oxygen atoms in total. The largest absolute Gasteiger partial charge is 0.480 e. The van der Waals surface area contributed by atoms with Crippen molar-refractivity contribution >= 4 is 23.6 Å². The van der Waals surface area contributed by atoms with E-state index in [-0.39, 0.29) is 6.04 Å². The zero-order chi connectivity index (χ0) is 15.3. The predicted octanol–water partition coefficient (Wildman–Crippen LogP) is 1.49. The molecule has 0 aliphatic rings. The number of hydrogen-bond donors (Lipinski definition) is 3. The molecule has 0 aliphatic carbocycles. The topological polar surface area (TPSA) is 89.9 Å². The van der Waals surface area contributed by atoms with Gasteiger partial charge in [-0.3, -0.25) is 0 Å². The van der Waals surface area contributed by atoms with Crippen LogP contribution in [0.1, 0.15) is 18.5 Å². The van der Waals surface area contributed by atoms with Crippen molar-refractivity contribution < 1.29 is 19.8 Å². The number of aliphatic carboxylic acids is 1. The summed E-state index contributed by atoms with van der Waals surface area (Å²) in [7, 11) is 1.54. The van der Waals surface area contributed by atoms with Crippen LogP contribution in [0.5, 0.6) is 0 Å². The second-order valence-electron chi connectivity index (χ2n) is 4.36. The molecule has 0 saturated carbocycles. The minimum Gasteiger partial charge on any atom is -0.480 e. The van der Waals surface area contributed by atoms with Crippen LogP contribution in [-0.4, -0.2) is 46.8 Å². The molecule has 0 aliphatic heterocycles. The molecule has 20 heavy (non-hydrogen) atoms. The van der Waals surface area contributed by atoms with Gasteiger partial charge >= 0.3 is 12.0 Å². The Bertz CT molecular complexity index is 495. The number of nitrogens with zero attached hydrogens (tertiary/aromatic N) is 1. The van der Waals surface area contributed by atoms with Gasteiger partial charge in [0.15, 0.2) is 6.04 Å². The second-order valence-corrected chi connectivity index (χ2v) is 4.80. The number of carbonyl (C=O) groups excluding carboxylic acids is 1. The number of aliphatic hydroxyl groups is 1. The minimum absolute atomic E-state index is 0.290. The first-order chi connectivity index (χ1) is 9.36. The minimum atomic E-state index is -1.32. The third-order valence-corrected chi connectivity index (χ3v) is 3.25. The number of carboxylic acids is 1. The summed E-state index contributed by atoms with van der Waals surface area (Å²) in [5, 5.41) is 20.5. The van der Waals surface area contributed by atoms with Crippen molar-refractivity contribution in [1.29, 1.82) is 0 Å². The maximum absolute atomic E-state index is 11.9. The van der Waals surface area contributed by atoms with Gasteiger partial charge in [0.05, 0.1) is 12.6 Å². The van der Waals surface area contributed by atoms with Crippen molar-refractivity contribution in [2.75, 3.05) is 13.7 Å². The van der Waals surface area contributed by atoms with E-state index in [1.807, 2.05) is 6.07 Å². The fourth-order valence-electron chi connectivity index (χ4n) is 1.60. The van der Waals surface area contributed by atoms with Crippen LogP contribution >= 0.6 is 11.6 Å². The van der Waals surface area contributed by atoms with E-state index in [4.69, 9.17) is 21.8 Å². The van der Waals surface area contributed by atoms with E-state index in [9.17, 15) is 9.59 Å². The molecule has 0 radical (unpaired) electrons. The van der Waals surface area contributed by atoms with Crippen molar-refractivity contribution in [3.8, 4) is 0 Å². The Kier molecular flexibility index (Phi) is 5.79. The van der Waals surface area contributed by atoms with Gasteiger partial charge in [-0.05, 0) is 24.6 Å². The molecule has 110 valence electrons. The van der Waals surface area contributed by atoms with E-state index < -0.39 is 24.6 Å². The maximum Gasteiger partial charge on any atom is 0.328 e. The Morgan fingerprint density at radius 2 is 2.10 bits per heavy atom. The van der Waals surface area contributed by atoms with E-state index in [0.29, 0.717) is 5.02 Å². The van der Waals surface area contributed by atoms with E-state index >= 15 is 0 Å². The predicted molar refractivity (Wildman–Crippen MR) is 74.7 cm³/mol. The van der Waals surface area contributed by atoms with Crippen LogP contribution in [0.2, 0.25) is 5.02 Å². The number of halogens is 1. The molecule has 0 heterocycles. The lowest BCUT2D eigenvalue weighted by Crippen LogP contribution is -2.48. The molecule has 0 spiro atoms. The first-order valence-electron chi connectivity index (χ1n) is 5.99. The quantitative estimate of drug-likeness (QED) is 0.768. The molecule has 2 atom stereocenters. The molecule has 0 fully saturated rings. The van der Waals surface area contributed by atoms with Crippen molar-refractivity contribution in [1.82, 2.24) is 10.2 Å². The number of hydrogen-bond acceptors (Lipinski definition) is 3. The fourth-order valence-corrected chi connectivity index (χ4v) is 1.80. The van der Waals surface area contributed by atoms with Gasteiger partial charge in [0.2, 0.25) is 0 Å². The number of amides is 2. The Labute approximate surface area is 122 Å². The van der Waals surface area contributed by atoms with Crippen LogP contribution in [0.3, 0.4) is 0 Å². The van der Waals surface area contributed by atoms with Gasteiger partial charge in [-0.25, -0.2) is 9.59 Å². The Balaban J connectivity index is 2.76. The van der Waals surface area contributed by atoms with Crippen LogP contribution < -0.4 is 5.32 Å². The molecule has 3 N–H and O–H groups in total. The van der Waals surface area contributed by atoms with Crippen LogP contribution in [0, 0.1) is 0 Å². The monoisotopic (exact) mass is 300 g/mol. The van der Waals surface area contributed by atoms with Gasteiger partial charge in [-0.15, -0.1) is 0 Å². The average Bonchev–Trinajstić information content (AvgIpc) is 2.42. The molecule has 0 bridgehead atoms. The SMILES string of the molecule is CC(c1cccc(Cl)c1)N(C)C(=O)N[C@@H](CO)C(=O)O. The second kappa shape index (κ2) is 7.12. The summed E-state index contributed by atoms with van der Waals surface area (Å²) in [6, 6.07) is 4.85. The highest BCUT2D eigenvalue weighted by molar-refractivity contribution is 6.30. The smallest absolute Gasteiger partial charge is 0.328 e. The van der Waals surface area contributed by atoms with Crippen molar-refractivity contribution in [3.63, 3.8) is 0 Å². The average molecular weight is 301 g/mol. The van der Waals surface area contributed by atoms with E-state index in [1.54, 1.807) is 25.1 Å². The third-order valence-electron chi connectivity index (χ3n) is 3.01. The van der Waals surface area contributed by atoms with Gasteiger partial charge in [0.1, 0.15) is 0 Å². The summed E-state index contributed by atoms with van der Waals surface area (Å²) in [6.45, 7) is 1.13. The van der Waals surface area contributed by atoms with Crippen LogP contribution in [0.25, 0.3) is 0 Å². The normalized spacial score (nSPS) is 13.4. The van der Waals surface area contributed by atoms with Crippen LogP contribution in [-0.2, 0) is 4.79 Å². The van der Waals surface area contributed by atoms with E-state index in [2.05, 4.69) is 5.32 Å². The van der Waals surface area contributed by atoms with Crippen LogP contribution in [0.15, 0.2) is 24.3 Å². The number of carboxylic acid groups (broad SMARTS) is 1. The van der Waals surface area contributed by atoms with Gasteiger partial charge in [-0.2, -0.15) is 0 Å². The highest BCUT2D eigenvalue weighted by Crippen LogP contribution is 2.21. The van der Waals surface area contributed by atoms with Crippen molar-refractivity contribution in [3.05, 3.63) is 34.9 Å². The molecule has 7 heteroatoms. The third kappa shape index (κ3) is 4.11. The standard InChI is InChI=1S/C13H17ClN2O4/c1-8(9-4-3-5-10(14)6-9)16(2)13(20)15-11(7-17)12(18)19/h3-6,8,11,17H,7H2,1-2H3,(H,15,20)(H,18,19)/t8?,11-/m0/s1. The maximum atomic E-state index is 11.9. The summed E-state index contributed by atoms with van der Waals surface area (Å²) >= 11 is 5.89. The molecular formula is C13H17ClN2O4. The van der Waals surface area contributed by atoms with Crippen molar-refractivity contribution in [2.24, 2.45) is 0 Å². The Hall–Kier alpha value is -1.79. The van der Waals surface area contributed by atoms with Gasteiger partial charge in [0, 0.05) is 12.1 Å². The number of rotatable bonds is 5. The zero-order valence-electron chi connectivity index (χ0n) is 11.2.